The number of carbonyl (C=O) groups excluding carboxylic acids is 2. The maximum Gasteiger partial charge on any atom is 0.407 e. The number of methoxy groups -OCH3 is 1. The van der Waals surface area contributed by atoms with E-state index in [0.717, 1.165) is 31.4 Å². The molecule has 0 saturated heterocycles. The summed E-state index contributed by atoms with van der Waals surface area (Å²) in [5.41, 5.74) is 0.347. The smallest absolute Gasteiger partial charge is 0.407 e. The molecule has 1 saturated carbocycles. The van der Waals surface area contributed by atoms with Crippen LogP contribution in [0.2, 0.25) is 0 Å². The standard InChI is InChI=1S/C18H30N2O5/c1-6-7-8-9-12-14-13(19-17(22)24-18(2,3)4)10-11(16(21)23-5)15(14)25-20-12/h11,13-15H,6-10H2,1-5H3,(H,19,22). The van der Waals surface area contributed by atoms with E-state index in [-0.39, 0.29) is 24.0 Å². The molecule has 1 aliphatic carbocycles. The first-order valence-corrected chi connectivity index (χ1v) is 9.06. The van der Waals surface area contributed by atoms with E-state index in [0.29, 0.717) is 6.42 Å². The Balaban J connectivity index is 2.09. The molecular weight excluding hydrogens is 324 g/mol. The SMILES string of the molecule is CCCCCC1=NOC2C(C(=O)OC)CC(NC(=O)OC(C)(C)C)C12. The lowest BCUT2D eigenvalue weighted by Crippen LogP contribution is -2.43. The highest BCUT2D eigenvalue weighted by Gasteiger charge is 2.54. The summed E-state index contributed by atoms with van der Waals surface area (Å²) >= 11 is 0. The number of amides is 1. The number of hydrogen-bond donors (Lipinski definition) is 1. The summed E-state index contributed by atoms with van der Waals surface area (Å²) in [4.78, 5) is 29.8. The molecule has 0 spiro atoms. The zero-order valence-corrected chi connectivity index (χ0v) is 15.8. The van der Waals surface area contributed by atoms with Gasteiger partial charge in [-0.3, -0.25) is 4.79 Å². The van der Waals surface area contributed by atoms with E-state index in [1.54, 1.807) is 0 Å². The monoisotopic (exact) mass is 354 g/mol. The Bertz CT molecular complexity index is 526. The van der Waals surface area contributed by atoms with Gasteiger partial charge in [0.2, 0.25) is 0 Å². The van der Waals surface area contributed by atoms with Crippen LogP contribution >= 0.6 is 0 Å². The molecule has 142 valence electrons. The number of nitrogens with zero attached hydrogens (tertiary/aromatic N) is 1. The zero-order valence-electron chi connectivity index (χ0n) is 15.8. The van der Waals surface area contributed by atoms with Crippen molar-refractivity contribution in [1.29, 1.82) is 0 Å². The molecule has 7 nitrogen and oxygen atoms in total. The molecule has 1 heterocycles. The first-order valence-electron chi connectivity index (χ1n) is 9.06. The van der Waals surface area contributed by atoms with Gasteiger partial charge in [-0.05, 0) is 40.0 Å². The molecule has 0 aromatic rings. The fraction of sp³-hybridized carbons (Fsp3) is 0.833. The van der Waals surface area contributed by atoms with Crippen LogP contribution in [0.5, 0.6) is 0 Å². The molecule has 1 aliphatic heterocycles. The molecular formula is C18H30N2O5. The van der Waals surface area contributed by atoms with Crippen molar-refractivity contribution in [2.24, 2.45) is 17.0 Å². The van der Waals surface area contributed by atoms with Gasteiger partial charge in [0.05, 0.1) is 24.7 Å². The third kappa shape index (κ3) is 4.86. The Morgan fingerprint density at radius 2 is 2.04 bits per heavy atom. The highest BCUT2D eigenvalue weighted by molar-refractivity contribution is 5.91. The third-order valence-electron chi connectivity index (χ3n) is 4.61. The van der Waals surface area contributed by atoms with E-state index >= 15 is 0 Å². The lowest BCUT2D eigenvalue weighted by molar-refractivity contribution is -0.149. The number of hydrogen-bond acceptors (Lipinski definition) is 6. The van der Waals surface area contributed by atoms with Gasteiger partial charge in [-0.15, -0.1) is 0 Å². The first-order chi connectivity index (χ1) is 11.8. The Morgan fingerprint density at radius 1 is 1.32 bits per heavy atom. The molecule has 1 N–H and O–H groups in total. The van der Waals surface area contributed by atoms with Gasteiger partial charge < -0.3 is 19.6 Å². The minimum absolute atomic E-state index is 0.103. The minimum atomic E-state index is -0.575. The summed E-state index contributed by atoms with van der Waals surface area (Å²) < 4.78 is 10.3. The quantitative estimate of drug-likeness (QED) is 0.585. The van der Waals surface area contributed by atoms with E-state index in [2.05, 4.69) is 17.4 Å². The van der Waals surface area contributed by atoms with Crippen molar-refractivity contribution in [3.05, 3.63) is 0 Å². The topological polar surface area (TPSA) is 86.2 Å². The highest BCUT2D eigenvalue weighted by Crippen LogP contribution is 2.40. The number of alkyl carbamates (subject to hydrolysis) is 1. The fourth-order valence-corrected chi connectivity index (χ4v) is 3.54. The summed E-state index contributed by atoms with van der Waals surface area (Å²) in [6.07, 6.45) is 3.67. The van der Waals surface area contributed by atoms with E-state index in [9.17, 15) is 9.59 Å². The fourth-order valence-electron chi connectivity index (χ4n) is 3.54. The molecule has 4 unspecified atom stereocenters. The number of ether oxygens (including phenoxy) is 2. The molecule has 2 rings (SSSR count). The van der Waals surface area contributed by atoms with Crippen LogP contribution < -0.4 is 5.32 Å². The lowest BCUT2D eigenvalue weighted by atomic mass is 9.91. The number of esters is 1. The largest absolute Gasteiger partial charge is 0.469 e. The van der Waals surface area contributed by atoms with Gasteiger partial charge in [0.15, 0.2) is 6.10 Å². The van der Waals surface area contributed by atoms with Gasteiger partial charge in [-0.25, -0.2) is 4.79 Å². The van der Waals surface area contributed by atoms with Gasteiger partial charge in [-0.1, -0.05) is 24.9 Å². The second-order valence-electron chi connectivity index (χ2n) is 7.75. The van der Waals surface area contributed by atoms with E-state index in [1.807, 2.05) is 20.8 Å². The van der Waals surface area contributed by atoms with Gasteiger partial charge >= 0.3 is 12.1 Å². The summed E-state index contributed by atoms with van der Waals surface area (Å²) in [6.45, 7) is 7.60. The molecule has 2 aliphatic rings. The van der Waals surface area contributed by atoms with E-state index in [4.69, 9.17) is 14.3 Å². The summed E-state index contributed by atoms with van der Waals surface area (Å²) in [5.74, 6) is -0.857. The van der Waals surface area contributed by atoms with Crippen LogP contribution in [-0.4, -0.2) is 42.6 Å². The van der Waals surface area contributed by atoms with Gasteiger partial charge in [-0.2, -0.15) is 0 Å². The van der Waals surface area contributed by atoms with Crippen LogP contribution in [-0.2, 0) is 19.1 Å². The molecule has 0 aromatic heterocycles. The second kappa shape index (κ2) is 8.06. The molecule has 1 amide bonds. The van der Waals surface area contributed by atoms with Crippen molar-refractivity contribution in [3.8, 4) is 0 Å². The van der Waals surface area contributed by atoms with Crippen molar-refractivity contribution in [1.82, 2.24) is 5.32 Å². The average molecular weight is 354 g/mol. The minimum Gasteiger partial charge on any atom is -0.469 e. The number of carbonyl (C=O) groups is 2. The van der Waals surface area contributed by atoms with Gasteiger partial charge in [0.25, 0.3) is 0 Å². The van der Waals surface area contributed by atoms with Crippen molar-refractivity contribution < 1.29 is 23.9 Å². The Labute approximate surface area is 149 Å². The molecule has 1 fully saturated rings. The van der Waals surface area contributed by atoms with Crippen LogP contribution in [0.25, 0.3) is 0 Å². The molecule has 0 aromatic carbocycles. The van der Waals surface area contributed by atoms with Crippen molar-refractivity contribution >= 4 is 17.8 Å². The Hall–Kier alpha value is -1.79. The van der Waals surface area contributed by atoms with Crippen LogP contribution in [0.3, 0.4) is 0 Å². The number of fused-ring (bicyclic) bond motifs is 1. The van der Waals surface area contributed by atoms with Crippen LogP contribution in [0.4, 0.5) is 4.79 Å². The molecule has 0 bridgehead atoms. The maximum atomic E-state index is 12.2. The summed E-state index contributed by atoms with van der Waals surface area (Å²) in [5, 5.41) is 7.11. The van der Waals surface area contributed by atoms with Crippen LogP contribution in [0.1, 0.15) is 59.8 Å². The maximum absolute atomic E-state index is 12.2. The number of rotatable bonds is 6. The van der Waals surface area contributed by atoms with Crippen LogP contribution in [0.15, 0.2) is 5.16 Å². The predicted molar refractivity (Wildman–Crippen MR) is 93.2 cm³/mol. The molecule has 0 radical (unpaired) electrons. The van der Waals surface area contributed by atoms with Gasteiger partial charge in [0, 0.05) is 6.04 Å². The molecule has 7 heteroatoms. The number of oxime groups is 1. The van der Waals surface area contributed by atoms with Crippen molar-refractivity contribution in [2.45, 2.75) is 77.5 Å². The number of nitrogens with one attached hydrogen (secondary N) is 1. The highest BCUT2D eigenvalue weighted by atomic mass is 16.6. The van der Waals surface area contributed by atoms with E-state index in [1.165, 1.54) is 7.11 Å². The van der Waals surface area contributed by atoms with Crippen molar-refractivity contribution in [3.63, 3.8) is 0 Å². The predicted octanol–water partition coefficient (Wildman–Crippen LogP) is 3.02. The second-order valence-corrected chi connectivity index (χ2v) is 7.75. The molecule has 4 atom stereocenters. The first kappa shape index (κ1) is 19.5. The molecule has 25 heavy (non-hydrogen) atoms. The third-order valence-corrected chi connectivity index (χ3v) is 4.61. The summed E-state index contributed by atoms with van der Waals surface area (Å²) in [7, 11) is 1.37. The number of unbranched alkanes of at least 4 members (excludes halogenated alkanes) is 2. The normalized spacial score (nSPS) is 28.0. The zero-order chi connectivity index (χ0) is 18.6. The van der Waals surface area contributed by atoms with Gasteiger partial charge in [0.1, 0.15) is 5.60 Å². The average Bonchev–Trinajstić information content (AvgIpc) is 3.07. The van der Waals surface area contributed by atoms with Crippen molar-refractivity contribution in [2.75, 3.05) is 7.11 Å². The Kier molecular flexibility index (Phi) is 6.30. The van der Waals surface area contributed by atoms with Crippen LogP contribution in [0, 0.1) is 11.8 Å². The lowest BCUT2D eigenvalue weighted by Gasteiger charge is -2.24. The summed E-state index contributed by atoms with van der Waals surface area (Å²) in [6, 6.07) is -0.244. The Morgan fingerprint density at radius 3 is 2.64 bits per heavy atom. The van der Waals surface area contributed by atoms with E-state index < -0.39 is 17.6 Å².